The van der Waals surface area contributed by atoms with Gasteiger partial charge in [-0.05, 0) is 62.9 Å². The molecule has 3 unspecified atom stereocenters. The molecule has 2 aliphatic rings. The van der Waals surface area contributed by atoms with E-state index in [1.54, 1.807) is 0 Å². The number of rotatable bonds is 7. The summed E-state index contributed by atoms with van der Waals surface area (Å²) in [5.74, 6) is 1.79. The van der Waals surface area contributed by atoms with Gasteiger partial charge in [0.2, 0.25) is 0 Å². The van der Waals surface area contributed by atoms with E-state index in [4.69, 9.17) is 0 Å². The van der Waals surface area contributed by atoms with Crippen molar-refractivity contribution in [3.63, 3.8) is 0 Å². The maximum Gasteiger partial charge on any atom is 0.0291 e. The summed E-state index contributed by atoms with van der Waals surface area (Å²) in [7, 11) is 0. The fourth-order valence-corrected chi connectivity index (χ4v) is 3.85. The first-order valence-electron chi connectivity index (χ1n) is 8.26. The Morgan fingerprint density at radius 1 is 1.35 bits per heavy atom. The molecule has 0 spiro atoms. The molecule has 1 aliphatic carbocycles. The van der Waals surface area contributed by atoms with Gasteiger partial charge in [0, 0.05) is 11.7 Å². The predicted octanol–water partition coefficient (Wildman–Crippen LogP) is 5.13. The van der Waals surface area contributed by atoms with E-state index in [0.717, 1.165) is 30.7 Å². The Labute approximate surface area is 124 Å². The van der Waals surface area contributed by atoms with Crippen LogP contribution in [0.15, 0.2) is 42.8 Å². The van der Waals surface area contributed by atoms with E-state index in [2.05, 4.69) is 36.4 Å². The molecule has 0 aromatic carbocycles. The van der Waals surface area contributed by atoms with E-state index in [1.165, 1.54) is 50.6 Å². The highest BCUT2D eigenvalue weighted by molar-refractivity contribution is 5.10. The molecule has 1 nitrogen and oxygen atoms in total. The normalized spacial score (nSPS) is 28.6. The first-order valence-corrected chi connectivity index (χ1v) is 8.26. The van der Waals surface area contributed by atoms with Crippen LogP contribution in [0.2, 0.25) is 0 Å². The molecule has 2 rings (SSSR count). The molecule has 0 aromatic heterocycles. The van der Waals surface area contributed by atoms with Gasteiger partial charge in [-0.25, -0.2) is 0 Å². The lowest BCUT2D eigenvalue weighted by molar-refractivity contribution is 0.164. The second-order valence-electron chi connectivity index (χ2n) is 6.24. The second-order valence-corrected chi connectivity index (χ2v) is 6.24. The fraction of sp³-hybridized carbons (Fsp3) is 0.632. The zero-order valence-electron chi connectivity index (χ0n) is 12.7. The van der Waals surface area contributed by atoms with Gasteiger partial charge >= 0.3 is 0 Å². The van der Waals surface area contributed by atoms with Gasteiger partial charge < -0.3 is 5.32 Å². The van der Waals surface area contributed by atoms with Crippen molar-refractivity contribution >= 4 is 0 Å². The summed E-state index contributed by atoms with van der Waals surface area (Å²) in [6.07, 6.45) is 18.1. The number of fused-ring (bicyclic) bond motifs is 1. The third-order valence-corrected chi connectivity index (χ3v) is 4.91. The average molecular weight is 271 g/mol. The number of nitrogens with one attached hydrogen (secondary N) is 1. The molecule has 1 fully saturated rings. The van der Waals surface area contributed by atoms with Crippen LogP contribution in [0.5, 0.6) is 0 Å². The van der Waals surface area contributed by atoms with Gasteiger partial charge in [-0.15, -0.1) is 12.3 Å². The van der Waals surface area contributed by atoms with Crippen molar-refractivity contribution in [1.29, 1.82) is 0 Å². The summed E-state index contributed by atoms with van der Waals surface area (Å²) < 4.78 is 0. The van der Waals surface area contributed by atoms with Crippen LogP contribution in [0.25, 0.3) is 0 Å². The largest absolute Gasteiger partial charge is 0.386 e. The molecule has 3 atom stereocenters. The van der Waals surface area contributed by atoms with Crippen molar-refractivity contribution in [3.05, 3.63) is 42.8 Å². The topological polar surface area (TPSA) is 12.0 Å². The van der Waals surface area contributed by atoms with Crippen LogP contribution in [0.4, 0.5) is 0 Å². The molecule has 1 heteroatoms. The Bertz CT molecular complexity index is 387. The molecular formula is C19H29N. The Balaban J connectivity index is 1.87. The molecule has 1 saturated carbocycles. The minimum Gasteiger partial charge on any atom is -0.386 e. The van der Waals surface area contributed by atoms with Crippen molar-refractivity contribution in [2.75, 3.05) is 0 Å². The van der Waals surface area contributed by atoms with Crippen LogP contribution >= 0.6 is 0 Å². The fourth-order valence-electron chi connectivity index (χ4n) is 3.85. The van der Waals surface area contributed by atoms with E-state index < -0.39 is 0 Å². The third-order valence-electron chi connectivity index (χ3n) is 4.91. The Kier molecular flexibility index (Phi) is 6.21. The molecule has 0 radical (unpaired) electrons. The van der Waals surface area contributed by atoms with Crippen molar-refractivity contribution in [2.45, 2.75) is 63.8 Å². The summed E-state index contributed by atoms with van der Waals surface area (Å²) >= 11 is 0. The van der Waals surface area contributed by atoms with E-state index in [9.17, 15) is 0 Å². The van der Waals surface area contributed by atoms with Crippen LogP contribution in [-0.2, 0) is 0 Å². The first-order chi connectivity index (χ1) is 9.85. The van der Waals surface area contributed by atoms with Gasteiger partial charge in [0.05, 0.1) is 0 Å². The van der Waals surface area contributed by atoms with Gasteiger partial charge in [-0.2, -0.15) is 0 Å². The smallest absolute Gasteiger partial charge is 0.0291 e. The van der Waals surface area contributed by atoms with Gasteiger partial charge in [-0.1, -0.05) is 31.6 Å². The minimum atomic E-state index is 0.727. The molecule has 0 amide bonds. The van der Waals surface area contributed by atoms with Crippen LogP contribution in [0.1, 0.15) is 57.8 Å². The molecule has 0 bridgehead atoms. The maximum atomic E-state index is 3.84. The van der Waals surface area contributed by atoms with Crippen molar-refractivity contribution in [3.8, 4) is 0 Å². The average Bonchev–Trinajstić information content (AvgIpc) is 2.48. The van der Waals surface area contributed by atoms with Gasteiger partial charge in [0.25, 0.3) is 0 Å². The lowest BCUT2D eigenvalue weighted by Gasteiger charge is -2.42. The molecule has 1 aliphatic heterocycles. The van der Waals surface area contributed by atoms with E-state index in [1.807, 2.05) is 6.08 Å². The third kappa shape index (κ3) is 4.15. The van der Waals surface area contributed by atoms with Crippen LogP contribution < -0.4 is 5.32 Å². The summed E-state index contributed by atoms with van der Waals surface area (Å²) in [6.45, 7) is 7.46. The molecule has 110 valence electrons. The lowest BCUT2D eigenvalue weighted by atomic mass is 9.70. The first kappa shape index (κ1) is 15.2. The molecular weight excluding hydrogens is 242 g/mol. The Hall–Kier alpha value is -1.20. The molecule has 0 aromatic rings. The number of allylic oxidation sites excluding steroid dienone is 4. The van der Waals surface area contributed by atoms with Gasteiger partial charge in [0.1, 0.15) is 0 Å². The molecule has 0 saturated heterocycles. The maximum absolute atomic E-state index is 3.84. The number of unbranched alkanes of at least 4 members (excludes halogenated alkanes) is 1. The summed E-state index contributed by atoms with van der Waals surface area (Å²) in [5.41, 5.74) is 4.31. The summed E-state index contributed by atoms with van der Waals surface area (Å²) in [5, 5.41) is 3.81. The lowest BCUT2D eigenvalue weighted by Crippen LogP contribution is -2.44. The Morgan fingerprint density at radius 2 is 2.25 bits per heavy atom. The van der Waals surface area contributed by atoms with Gasteiger partial charge in [0.15, 0.2) is 0 Å². The minimum absolute atomic E-state index is 0.727. The standard InChI is InChI=1S/C19H29N/c1-3-5-7-10-16-11-9-13-19-18(16)15-14-17(20-19)12-8-6-4-2/h3,6,14,16,18-20H,1-2,5,7-13,15H2. The van der Waals surface area contributed by atoms with E-state index in [-0.39, 0.29) is 0 Å². The quantitative estimate of drug-likeness (QED) is 0.385. The highest BCUT2D eigenvalue weighted by Crippen LogP contribution is 2.38. The monoisotopic (exact) mass is 271 g/mol. The van der Waals surface area contributed by atoms with Crippen LogP contribution in [0.3, 0.4) is 0 Å². The van der Waals surface area contributed by atoms with Crippen LogP contribution in [-0.4, -0.2) is 6.04 Å². The Morgan fingerprint density at radius 3 is 3.05 bits per heavy atom. The number of hydrogen-bond acceptors (Lipinski definition) is 1. The highest BCUT2D eigenvalue weighted by atomic mass is 14.9. The highest BCUT2D eigenvalue weighted by Gasteiger charge is 2.34. The second kappa shape index (κ2) is 8.17. The van der Waals surface area contributed by atoms with Crippen molar-refractivity contribution < 1.29 is 0 Å². The summed E-state index contributed by atoms with van der Waals surface area (Å²) in [4.78, 5) is 0. The predicted molar refractivity (Wildman–Crippen MR) is 87.4 cm³/mol. The SMILES string of the molecule is C=C=CCCC1=CCC2C(CCCC=C)CCCC2N1. The van der Waals surface area contributed by atoms with E-state index in [0.29, 0.717) is 0 Å². The molecule has 1 N–H and O–H groups in total. The number of hydrogen-bond donors (Lipinski definition) is 1. The van der Waals surface area contributed by atoms with E-state index >= 15 is 0 Å². The molecule has 1 heterocycles. The zero-order chi connectivity index (χ0) is 14.2. The summed E-state index contributed by atoms with van der Waals surface area (Å²) in [6, 6.07) is 0.727. The molecule has 20 heavy (non-hydrogen) atoms. The van der Waals surface area contributed by atoms with Gasteiger partial charge in [-0.3, -0.25) is 0 Å². The van der Waals surface area contributed by atoms with Crippen LogP contribution in [0, 0.1) is 11.8 Å². The van der Waals surface area contributed by atoms with Crippen molar-refractivity contribution in [2.24, 2.45) is 11.8 Å². The zero-order valence-corrected chi connectivity index (χ0v) is 12.7. The van der Waals surface area contributed by atoms with Crippen molar-refractivity contribution in [1.82, 2.24) is 5.32 Å².